The molecule has 180 valence electrons. The van der Waals surface area contributed by atoms with Crippen molar-refractivity contribution in [2.24, 2.45) is 0 Å². The van der Waals surface area contributed by atoms with Crippen LogP contribution in [0.1, 0.15) is 10.4 Å². The summed E-state index contributed by atoms with van der Waals surface area (Å²) in [6.07, 6.45) is 4.08. The minimum Gasteiger partial charge on any atom is -0.497 e. The monoisotopic (exact) mass is 545 g/mol. The van der Waals surface area contributed by atoms with Crippen molar-refractivity contribution in [2.75, 3.05) is 18.2 Å². The van der Waals surface area contributed by atoms with Gasteiger partial charge in [-0.25, -0.2) is 4.98 Å². The second-order valence-electron chi connectivity index (χ2n) is 7.32. The van der Waals surface area contributed by atoms with Crippen molar-refractivity contribution in [1.82, 2.24) is 19.7 Å². The fourth-order valence-corrected chi connectivity index (χ4v) is 5.22. The summed E-state index contributed by atoms with van der Waals surface area (Å²) in [5, 5.41) is 13.9. The number of aromatic nitrogens is 4. The number of anilines is 1. The molecular formula is C24H21Cl2N5O2S2. The minimum absolute atomic E-state index is 0.160. The molecule has 4 aromatic rings. The van der Waals surface area contributed by atoms with E-state index < -0.39 is 0 Å². The van der Waals surface area contributed by atoms with Crippen LogP contribution >= 0.6 is 46.3 Å². The second kappa shape index (κ2) is 11.7. The van der Waals surface area contributed by atoms with Gasteiger partial charge >= 0.3 is 0 Å². The van der Waals surface area contributed by atoms with Crippen molar-refractivity contribution in [2.45, 2.75) is 18.1 Å². The number of carbonyl (C=O) groups is 1. The third-order valence-electron chi connectivity index (χ3n) is 4.88. The average molecular weight is 547 g/mol. The first-order valence-electron chi connectivity index (χ1n) is 10.5. The van der Waals surface area contributed by atoms with Gasteiger partial charge in [0.15, 0.2) is 16.1 Å². The number of hydrogen-bond acceptors (Lipinski definition) is 7. The normalized spacial score (nSPS) is 10.8. The predicted octanol–water partition coefficient (Wildman–Crippen LogP) is 6.22. The molecule has 0 saturated carbocycles. The van der Waals surface area contributed by atoms with Gasteiger partial charge < -0.3 is 10.1 Å². The highest BCUT2D eigenvalue weighted by Gasteiger charge is 2.16. The molecule has 2 heterocycles. The van der Waals surface area contributed by atoms with E-state index in [0.717, 1.165) is 21.8 Å². The van der Waals surface area contributed by atoms with Crippen molar-refractivity contribution in [3.63, 3.8) is 0 Å². The van der Waals surface area contributed by atoms with Crippen molar-refractivity contribution >= 4 is 57.3 Å². The largest absolute Gasteiger partial charge is 0.497 e. The number of allylic oxidation sites excluding steroid dienone is 1. The van der Waals surface area contributed by atoms with Crippen LogP contribution in [-0.2, 0) is 17.8 Å². The number of methoxy groups -OCH3 is 1. The number of hydrogen-bond donors (Lipinski definition) is 1. The number of halogens is 2. The van der Waals surface area contributed by atoms with Gasteiger partial charge in [0.05, 0.1) is 12.9 Å². The average Bonchev–Trinajstić information content (AvgIpc) is 3.47. The molecule has 0 bridgehead atoms. The lowest BCUT2D eigenvalue weighted by molar-refractivity contribution is -0.113. The number of nitrogens with zero attached hydrogens (tertiary/aromatic N) is 4. The molecule has 11 heteroatoms. The number of thiazole rings is 1. The number of nitrogens with one attached hydrogen (secondary N) is 1. The summed E-state index contributed by atoms with van der Waals surface area (Å²) in [5.41, 5.74) is 1.80. The quantitative estimate of drug-likeness (QED) is 0.188. The lowest BCUT2D eigenvalue weighted by Gasteiger charge is -2.08. The van der Waals surface area contributed by atoms with Crippen molar-refractivity contribution in [3.8, 4) is 17.1 Å². The molecule has 4 rings (SSSR count). The van der Waals surface area contributed by atoms with Gasteiger partial charge in [0.1, 0.15) is 5.75 Å². The summed E-state index contributed by atoms with van der Waals surface area (Å²) in [6.45, 7) is 4.34. The zero-order valence-corrected chi connectivity index (χ0v) is 21.8. The Morgan fingerprint density at radius 2 is 2.03 bits per heavy atom. The van der Waals surface area contributed by atoms with Gasteiger partial charge in [-0.05, 0) is 48.0 Å². The Hall–Kier alpha value is -2.85. The van der Waals surface area contributed by atoms with Gasteiger partial charge in [-0.15, -0.1) is 28.1 Å². The summed E-state index contributed by atoms with van der Waals surface area (Å²) >= 11 is 15.0. The van der Waals surface area contributed by atoms with Gasteiger partial charge in [-0.3, -0.25) is 9.36 Å². The van der Waals surface area contributed by atoms with Crippen LogP contribution in [0.5, 0.6) is 5.75 Å². The molecule has 0 unspecified atom stereocenters. The number of benzene rings is 2. The second-order valence-corrected chi connectivity index (χ2v) is 10.2. The van der Waals surface area contributed by atoms with E-state index in [-0.39, 0.29) is 11.7 Å². The molecule has 0 aliphatic carbocycles. The van der Waals surface area contributed by atoms with E-state index in [0.29, 0.717) is 39.1 Å². The third-order valence-corrected chi connectivity index (χ3v) is 7.36. The fraction of sp³-hybridized carbons (Fsp3) is 0.167. The van der Waals surface area contributed by atoms with E-state index in [4.69, 9.17) is 27.9 Å². The topological polar surface area (TPSA) is 81.9 Å². The van der Waals surface area contributed by atoms with Crippen molar-refractivity contribution in [3.05, 3.63) is 81.8 Å². The molecule has 7 nitrogen and oxygen atoms in total. The van der Waals surface area contributed by atoms with E-state index in [1.165, 1.54) is 23.1 Å². The molecule has 1 N–H and O–H groups in total. The van der Waals surface area contributed by atoms with E-state index in [1.807, 2.05) is 34.9 Å². The molecular weight excluding hydrogens is 525 g/mol. The van der Waals surface area contributed by atoms with Crippen LogP contribution in [0, 0.1) is 0 Å². The highest BCUT2D eigenvalue weighted by Crippen LogP contribution is 2.28. The van der Waals surface area contributed by atoms with Gasteiger partial charge in [0, 0.05) is 39.6 Å². The Morgan fingerprint density at radius 3 is 2.77 bits per heavy atom. The van der Waals surface area contributed by atoms with E-state index >= 15 is 0 Å². The van der Waals surface area contributed by atoms with E-state index in [9.17, 15) is 4.79 Å². The summed E-state index contributed by atoms with van der Waals surface area (Å²) in [4.78, 5) is 17.8. The Bertz CT molecular complexity index is 1340. The maximum atomic E-state index is 12.6. The van der Waals surface area contributed by atoms with Crippen LogP contribution in [-0.4, -0.2) is 38.5 Å². The maximum absolute atomic E-state index is 12.6. The highest BCUT2D eigenvalue weighted by atomic mass is 35.5. The molecule has 2 aromatic carbocycles. The summed E-state index contributed by atoms with van der Waals surface area (Å²) in [6, 6.07) is 12.9. The van der Waals surface area contributed by atoms with Crippen molar-refractivity contribution < 1.29 is 9.53 Å². The van der Waals surface area contributed by atoms with Crippen LogP contribution in [0.25, 0.3) is 11.4 Å². The minimum atomic E-state index is -0.184. The molecule has 0 fully saturated rings. The summed E-state index contributed by atoms with van der Waals surface area (Å²) in [5.74, 6) is 1.43. The van der Waals surface area contributed by atoms with Crippen LogP contribution in [0.15, 0.2) is 66.5 Å². The Labute approximate surface area is 221 Å². The van der Waals surface area contributed by atoms with E-state index in [1.54, 1.807) is 31.5 Å². The number of rotatable bonds is 10. The molecule has 1 amide bonds. The maximum Gasteiger partial charge on any atom is 0.236 e. The third kappa shape index (κ3) is 6.43. The summed E-state index contributed by atoms with van der Waals surface area (Å²) < 4.78 is 7.14. The molecule has 0 aliphatic heterocycles. The predicted molar refractivity (Wildman–Crippen MR) is 143 cm³/mol. The number of carbonyl (C=O) groups excluding carboxylic acids is 1. The Kier molecular flexibility index (Phi) is 8.46. The molecule has 0 aliphatic rings. The zero-order chi connectivity index (χ0) is 24.8. The standard InChI is InChI=1S/C24H21Cl2N5O2S2/c1-3-10-31-22(15-4-7-18(33-2)8-5-15)29-30-24(31)34-14-21(32)28-23-27-13-19(35-23)12-16-11-17(25)6-9-20(16)26/h3-9,11,13H,1,10,12,14H2,2H3,(H,27,28,32). The molecule has 0 spiro atoms. The Balaban J connectivity index is 1.38. The number of thioether (sulfide) groups is 1. The van der Waals surface area contributed by atoms with Crippen LogP contribution in [0.2, 0.25) is 10.0 Å². The lowest BCUT2D eigenvalue weighted by Crippen LogP contribution is -2.14. The number of amides is 1. The summed E-state index contributed by atoms with van der Waals surface area (Å²) in [7, 11) is 1.62. The van der Waals surface area contributed by atoms with Crippen molar-refractivity contribution in [1.29, 1.82) is 0 Å². The zero-order valence-electron chi connectivity index (χ0n) is 18.7. The molecule has 2 aromatic heterocycles. The number of ether oxygens (including phenoxy) is 1. The fourth-order valence-electron chi connectivity index (χ4n) is 3.24. The molecule has 35 heavy (non-hydrogen) atoms. The molecule has 0 saturated heterocycles. The smallest absolute Gasteiger partial charge is 0.236 e. The first-order chi connectivity index (χ1) is 17.0. The molecule has 0 atom stereocenters. The van der Waals surface area contributed by atoms with E-state index in [2.05, 4.69) is 27.1 Å². The van der Waals surface area contributed by atoms with Crippen LogP contribution in [0.4, 0.5) is 5.13 Å². The molecule has 0 radical (unpaired) electrons. The highest BCUT2D eigenvalue weighted by molar-refractivity contribution is 7.99. The first-order valence-corrected chi connectivity index (χ1v) is 13.0. The Morgan fingerprint density at radius 1 is 1.23 bits per heavy atom. The van der Waals surface area contributed by atoms with Gasteiger partial charge in [0.2, 0.25) is 5.91 Å². The van der Waals surface area contributed by atoms with Gasteiger partial charge in [-0.1, -0.05) is 41.0 Å². The van der Waals surface area contributed by atoms with Crippen LogP contribution < -0.4 is 10.1 Å². The van der Waals surface area contributed by atoms with Crippen LogP contribution in [0.3, 0.4) is 0 Å². The van der Waals surface area contributed by atoms with Gasteiger partial charge in [-0.2, -0.15) is 0 Å². The first kappa shape index (κ1) is 25.2. The van der Waals surface area contributed by atoms with Gasteiger partial charge in [0.25, 0.3) is 0 Å². The lowest BCUT2D eigenvalue weighted by atomic mass is 10.1. The SMILES string of the molecule is C=CCn1c(SCC(=O)Nc2ncc(Cc3cc(Cl)ccc3Cl)s2)nnc1-c1ccc(OC)cc1.